The lowest BCUT2D eigenvalue weighted by molar-refractivity contribution is -0.121. The second-order valence-corrected chi connectivity index (χ2v) is 10.5. The molecule has 2 fully saturated rings. The number of nitrogens with zero attached hydrogens (tertiary/aromatic N) is 3. The van der Waals surface area contributed by atoms with E-state index in [2.05, 4.69) is 15.5 Å². The molecule has 1 aromatic carbocycles. The van der Waals surface area contributed by atoms with Crippen molar-refractivity contribution >= 4 is 27.5 Å². The first kappa shape index (κ1) is 20.3. The lowest BCUT2D eigenvalue weighted by Crippen LogP contribution is -2.39. The van der Waals surface area contributed by atoms with Crippen molar-refractivity contribution in [2.75, 3.05) is 19.3 Å². The molecule has 0 spiro atoms. The molecule has 3 unspecified atom stereocenters. The molecule has 4 rings (SSSR count). The van der Waals surface area contributed by atoms with Crippen LogP contribution in [0, 0.1) is 12.8 Å². The summed E-state index contributed by atoms with van der Waals surface area (Å²) in [4.78, 5) is 16.9. The topological polar surface area (TPSA) is 105 Å². The van der Waals surface area contributed by atoms with Gasteiger partial charge in [-0.15, -0.1) is 0 Å². The molecule has 10 heteroatoms. The molecule has 1 saturated heterocycles. The Bertz CT molecular complexity index is 1020. The zero-order chi connectivity index (χ0) is 20.8. The van der Waals surface area contributed by atoms with Gasteiger partial charge in [0.25, 0.3) is 0 Å². The van der Waals surface area contributed by atoms with Crippen LogP contribution in [0.3, 0.4) is 0 Å². The summed E-state index contributed by atoms with van der Waals surface area (Å²) in [6.45, 7) is 2.42. The van der Waals surface area contributed by atoms with Crippen molar-refractivity contribution in [3.8, 4) is 0 Å². The van der Waals surface area contributed by atoms with E-state index >= 15 is 0 Å². The Balaban J connectivity index is 1.50. The number of halogens is 1. The van der Waals surface area contributed by atoms with Gasteiger partial charge in [0.1, 0.15) is 0 Å². The van der Waals surface area contributed by atoms with E-state index in [1.165, 1.54) is 10.6 Å². The molecule has 1 N–H and O–H groups in total. The molecule has 1 aliphatic heterocycles. The van der Waals surface area contributed by atoms with Gasteiger partial charge in [0.2, 0.25) is 21.8 Å². The van der Waals surface area contributed by atoms with Crippen molar-refractivity contribution in [1.82, 2.24) is 19.8 Å². The third kappa shape index (κ3) is 4.04. The van der Waals surface area contributed by atoms with E-state index in [0.717, 1.165) is 5.56 Å². The minimum absolute atomic E-state index is 0.0120. The summed E-state index contributed by atoms with van der Waals surface area (Å²) >= 11 is 5.89. The largest absolute Gasteiger partial charge is 0.353 e. The lowest BCUT2D eigenvalue weighted by Gasteiger charge is -2.24. The van der Waals surface area contributed by atoms with Crippen LogP contribution in [0.2, 0.25) is 5.02 Å². The smallest absolute Gasteiger partial charge is 0.234 e. The zero-order valence-electron chi connectivity index (χ0n) is 16.3. The van der Waals surface area contributed by atoms with Crippen molar-refractivity contribution in [2.24, 2.45) is 5.92 Å². The second-order valence-electron chi connectivity index (χ2n) is 8.06. The number of hydrogen-bond donors (Lipinski definition) is 1. The zero-order valence-corrected chi connectivity index (χ0v) is 17.8. The van der Waals surface area contributed by atoms with E-state index in [9.17, 15) is 13.2 Å². The summed E-state index contributed by atoms with van der Waals surface area (Å²) in [6, 6.07) is 7.11. The molecule has 2 heterocycles. The fourth-order valence-electron chi connectivity index (χ4n) is 4.58. The number of aryl methyl sites for hydroxylation is 1. The minimum Gasteiger partial charge on any atom is -0.353 e. The number of rotatable bonds is 5. The molecule has 1 amide bonds. The van der Waals surface area contributed by atoms with Gasteiger partial charge in [-0.25, -0.2) is 12.7 Å². The number of nitrogens with one attached hydrogen (secondary N) is 1. The van der Waals surface area contributed by atoms with Crippen molar-refractivity contribution in [2.45, 2.75) is 37.6 Å². The highest BCUT2D eigenvalue weighted by Crippen LogP contribution is 2.50. The molecule has 1 aromatic heterocycles. The number of aromatic nitrogens is 2. The summed E-state index contributed by atoms with van der Waals surface area (Å²) in [7, 11) is -3.32. The highest BCUT2D eigenvalue weighted by Gasteiger charge is 2.58. The normalized spacial score (nSPS) is 27.1. The molecule has 2 aliphatic rings. The Morgan fingerprint density at radius 2 is 2.10 bits per heavy atom. The Morgan fingerprint density at radius 3 is 2.72 bits per heavy atom. The van der Waals surface area contributed by atoms with Crippen molar-refractivity contribution in [3.63, 3.8) is 0 Å². The van der Waals surface area contributed by atoms with Crippen LogP contribution < -0.4 is 5.32 Å². The van der Waals surface area contributed by atoms with Gasteiger partial charge in [0.15, 0.2) is 5.82 Å². The Kier molecular flexibility index (Phi) is 5.16. The van der Waals surface area contributed by atoms with Crippen molar-refractivity contribution in [1.29, 1.82) is 0 Å². The quantitative estimate of drug-likeness (QED) is 0.761. The first-order valence-electron chi connectivity index (χ1n) is 9.45. The van der Waals surface area contributed by atoms with E-state index in [1.54, 1.807) is 19.1 Å². The van der Waals surface area contributed by atoms with Gasteiger partial charge in [-0.2, -0.15) is 4.98 Å². The van der Waals surface area contributed by atoms with Crippen LogP contribution in [-0.4, -0.2) is 54.2 Å². The first-order chi connectivity index (χ1) is 13.7. The average Bonchev–Trinajstić information content (AvgIpc) is 3.29. The molecular weight excluding hydrogens is 416 g/mol. The fourth-order valence-corrected chi connectivity index (χ4v) is 5.63. The molecular formula is C19H23ClN4O4S. The van der Waals surface area contributed by atoms with Gasteiger partial charge >= 0.3 is 0 Å². The standard InChI is InChI=1S/C19H23ClN4O4S/c1-12-21-18(28-23-12)19-9-16(8-14(19)10-24(11-19)29(2,26)27)22-17(25)7-13-3-5-15(20)6-4-13/h3-6,14,16H,7-11H2,1-2H3,(H,22,25). The average molecular weight is 439 g/mol. The Hall–Kier alpha value is -1.97. The molecule has 8 nitrogen and oxygen atoms in total. The van der Waals surface area contributed by atoms with Gasteiger partial charge < -0.3 is 9.84 Å². The molecule has 1 aliphatic carbocycles. The number of carbonyl (C=O) groups excluding carboxylic acids is 1. The maximum atomic E-state index is 12.5. The predicted octanol–water partition coefficient (Wildman–Crippen LogP) is 1.68. The first-order valence-corrected chi connectivity index (χ1v) is 11.7. The molecule has 1 saturated carbocycles. The fraction of sp³-hybridized carbons (Fsp3) is 0.526. The van der Waals surface area contributed by atoms with Crippen LogP contribution in [0.5, 0.6) is 0 Å². The van der Waals surface area contributed by atoms with E-state index in [4.69, 9.17) is 16.1 Å². The third-order valence-corrected chi connectivity index (χ3v) is 7.38. The molecule has 3 atom stereocenters. The van der Waals surface area contributed by atoms with E-state index in [-0.39, 0.29) is 24.3 Å². The Morgan fingerprint density at radius 1 is 1.38 bits per heavy atom. The number of hydrogen-bond acceptors (Lipinski definition) is 6. The van der Waals surface area contributed by atoms with Crippen LogP contribution in [0.4, 0.5) is 0 Å². The monoisotopic (exact) mass is 438 g/mol. The maximum absolute atomic E-state index is 12.5. The van der Waals surface area contributed by atoms with E-state index < -0.39 is 15.4 Å². The number of amides is 1. The molecule has 29 heavy (non-hydrogen) atoms. The van der Waals surface area contributed by atoms with Gasteiger partial charge in [-0.05, 0) is 43.4 Å². The van der Waals surface area contributed by atoms with E-state index in [1.807, 2.05) is 12.1 Å². The maximum Gasteiger partial charge on any atom is 0.234 e. The van der Waals surface area contributed by atoms with Crippen LogP contribution in [0.25, 0.3) is 0 Å². The number of sulfonamides is 1. The summed E-state index contributed by atoms with van der Waals surface area (Å²) in [5.74, 6) is 0.911. The highest BCUT2D eigenvalue weighted by atomic mass is 35.5. The third-order valence-electron chi connectivity index (χ3n) is 5.91. The van der Waals surface area contributed by atoms with Gasteiger partial charge in [0.05, 0.1) is 18.1 Å². The summed E-state index contributed by atoms with van der Waals surface area (Å²) in [6.07, 6.45) is 2.71. The van der Waals surface area contributed by atoms with E-state index in [0.29, 0.717) is 42.7 Å². The van der Waals surface area contributed by atoms with Crippen LogP contribution >= 0.6 is 11.6 Å². The second kappa shape index (κ2) is 7.37. The summed E-state index contributed by atoms with van der Waals surface area (Å²) in [5.41, 5.74) is 0.318. The lowest BCUT2D eigenvalue weighted by atomic mass is 9.80. The van der Waals surface area contributed by atoms with Gasteiger partial charge in [-0.1, -0.05) is 28.9 Å². The molecule has 0 radical (unpaired) electrons. The Labute approximate surface area is 174 Å². The number of carbonyl (C=O) groups is 1. The summed E-state index contributed by atoms with van der Waals surface area (Å²) < 4.78 is 31.2. The molecule has 156 valence electrons. The van der Waals surface area contributed by atoms with Crippen LogP contribution in [0.15, 0.2) is 28.8 Å². The van der Waals surface area contributed by atoms with Crippen molar-refractivity contribution < 1.29 is 17.7 Å². The molecule has 2 aromatic rings. The summed E-state index contributed by atoms with van der Waals surface area (Å²) in [5, 5.41) is 7.63. The SMILES string of the molecule is Cc1noc(C23CC(NC(=O)Cc4ccc(Cl)cc4)CC2CN(S(C)(=O)=O)C3)n1. The minimum atomic E-state index is -3.32. The van der Waals surface area contributed by atoms with Crippen LogP contribution in [0.1, 0.15) is 30.1 Å². The number of fused-ring (bicyclic) bond motifs is 1. The highest BCUT2D eigenvalue weighted by molar-refractivity contribution is 7.88. The van der Waals surface area contributed by atoms with Crippen molar-refractivity contribution in [3.05, 3.63) is 46.6 Å². The van der Waals surface area contributed by atoms with Gasteiger partial charge in [-0.3, -0.25) is 4.79 Å². The molecule has 0 bridgehead atoms. The number of benzene rings is 1. The van der Waals surface area contributed by atoms with Crippen LogP contribution in [-0.2, 0) is 26.7 Å². The predicted molar refractivity (Wildman–Crippen MR) is 107 cm³/mol. The van der Waals surface area contributed by atoms with Gasteiger partial charge in [0, 0.05) is 24.2 Å².